The normalized spacial score (nSPS) is 10.1. The van der Waals surface area contributed by atoms with Gasteiger partial charge in [-0.1, -0.05) is 0 Å². The number of rotatable bonds is 3. The number of anilines is 3. The summed E-state index contributed by atoms with van der Waals surface area (Å²) in [6.07, 6.45) is 0. The van der Waals surface area contributed by atoms with Crippen molar-refractivity contribution in [1.29, 1.82) is 0 Å². The summed E-state index contributed by atoms with van der Waals surface area (Å²) in [5, 5.41) is 7.22. The molecule has 0 aliphatic heterocycles. The zero-order valence-electron chi connectivity index (χ0n) is 7.97. The maximum Gasteiger partial charge on any atom is 0.223 e. The van der Waals surface area contributed by atoms with Gasteiger partial charge < -0.3 is 16.8 Å². The summed E-state index contributed by atoms with van der Waals surface area (Å²) in [5.74, 6) is 1.20. The van der Waals surface area contributed by atoms with Crippen LogP contribution in [-0.2, 0) is 6.54 Å². The Hall–Kier alpha value is -1.82. The fourth-order valence-corrected chi connectivity index (χ4v) is 1.83. The van der Waals surface area contributed by atoms with E-state index in [1.165, 1.54) is 5.56 Å². The highest BCUT2D eigenvalue weighted by Gasteiger charge is 1.99. The Labute approximate surface area is 91.2 Å². The summed E-state index contributed by atoms with van der Waals surface area (Å²) in [6.45, 7) is 0.708. The third-order valence-corrected chi connectivity index (χ3v) is 2.55. The molecule has 0 amide bonds. The molecule has 0 aliphatic rings. The standard InChI is InChI=1S/C9H11N5S/c10-7-3-8(14-9(11)13-7)12-4-6-1-2-15-5-6/h1-3,5H,4H2,(H5,10,11,12,13,14). The lowest BCUT2D eigenvalue weighted by Gasteiger charge is -2.05. The van der Waals surface area contributed by atoms with Gasteiger partial charge in [0.2, 0.25) is 5.95 Å². The quantitative estimate of drug-likeness (QED) is 0.727. The summed E-state index contributed by atoms with van der Waals surface area (Å²) in [6, 6.07) is 3.70. The van der Waals surface area contributed by atoms with Crippen molar-refractivity contribution >= 4 is 28.9 Å². The van der Waals surface area contributed by atoms with Gasteiger partial charge in [-0.25, -0.2) is 0 Å². The van der Waals surface area contributed by atoms with Gasteiger partial charge in [-0.15, -0.1) is 0 Å². The van der Waals surface area contributed by atoms with E-state index in [2.05, 4.69) is 20.7 Å². The lowest BCUT2D eigenvalue weighted by atomic mass is 10.3. The molecule has 2 rings (SSSR count). The maximum atomic E-state index is 5.54. The molecular weight excluding hydrogens is 210 g/mol. The number of nitrogens with two attached hydrogens (primary N) is 2. The highest BCUT2D eigenvalue weighted by Crippen LogP contribution is 2.12. The molecule has 78 valence electrons. The molecule has 0 radical (unpaired) electrons. The van der Waals surface area contributed by atoms with Crippen LogP contribution in [0, 0.1) is 0 Å². The van der Waals surface area contributed by atoms with E-state index < -0.39 is 0 Å². The van der Waals surface area contributed by atoms with E-state index in [-0.39, 0.29) is 5.95 Å². The zero-order chi connectivity index (χ0) is 10.7. The van der Waals surface area contributed by atoms with Gasteiger partial charge in [-0.05, 0) is 22.4 Å². The molecule has 5 nitrogen and oxygen atoms in total. The van der Waals surface area contributed by atoms with Crippen molar-refractivity contribution in [2.75, 3.05) is 16.8 Å². The van der Waals surface area contributed by atoms with Crippen LogP contribution < -0.4 is 16.8 Å². The molecule has 0 aliphatic carbocycles. The molecule has 2 aromatic heterocycles. The van der Waals surface area contributed by atoms with Crippen molar-refractivity contribution in [3.8, 4) is 0 Å². The highest BCUT2D eigenvalue weighted by atomic mass is 32.1. The number of hydrogen-bond donors (Lipinski definition) is 3. The van der Waals surface area contributed by atoms with Crippen LogP contribution in [0.25, 0.3) is 0 Å². The van der Waals surface area contributed by atoms with Crippen LogP contribution in [0.15, 0.2) is 22.9 Å². The second kappa shape index (κ2) is 4.14. The summed E-state index contributed by atoms with van der Waals surface area (Å²) < 4.78 is 0. The molecule has 0 saturated heterocycles. The first-order chi connectivity index (χ1) is 7.24. The molecule has 0 unspecified atom stereocenters. The van der Waals surface area contributed by atoms with Crippen molar-refractivity contribution < 1.29 is 0 Å². The predicted octanol–water partition coefficient (Wildman–Crippen LogP) is 1.31. The minimum absolute atomic E-state index is 0.183. The van der Waals surface area contributed by atoms with Gasteiger partial charge in [0, 0.05) is 12.6 Å². The van der Waals surface area contributed by atoms with Gasteiger partial charge in [0.05, 0.1) is 0 Å². The fourth-order valence-electron chi connectivity index (χ4n) is 1.16. The summed E-state index contributed by atoms with van der Waals surface area (Å²) in [5.41, 5.74) is 12.2. The third kappa shape index (κ3) is 2.57. The average Bonchev–Trinajstić information content (AvgIpc) is 2.65. The SMILES string of the molecule is Nc1cc(NCc2ccsc2)nc(N)n1. The van der Waals surface area contributed by atoms with E-state index in [1.54, 1.807) is 17.4 Å². The van der Waals surface area contributed by atoms with Gasteiger partial charge in [-0.2, -0.15) is 21.3 Å². The molecule has 15 heavy (non-hydrogen) atoms. The van der Waals surface area contributed by atoms with Crippen LogP contribution in [0.5, 0.6) is 0 Å². The molecular formula is C9H11N5S. The smallest absolute Gasteiger partial charge is 0.223 e. The lowest BCUT2D eigenvalue weighted by Crippen LogP contribution is -2.05. The van der Waals surface area contributed by atoms with Gasteiger partial charge in [0.1, 0.15) is 11.6 Å². The molecule has 0 saturated carbocycles. The van der Waals surface area contributed by atoms with Gasteiger partial charge in [0.15, 0.2) is 0 Å². The maximum absolute atomic E-state index is 5.54. The van der Waals surface area contributed by atoms with E-state index in [0.29, 0.717) is 18.2 Å². The first-order valence-corrected chi connectivity index (χ1v) is 5.33. The molecule has 0 aromatic carbocycles. The van der Waals surface area contributed by atoms with E-state index >= 15 is 0 Å². The molecule has 2 aromatic rings. The highest BCUT2D eigenvalue weighted by molar-refractivity contribution is 7.07. The van der Waals surface area contributed by atoms with Crippen LogP contribution in [0.1, 0.15) is 5.56 Å². The lowest BCUT2D eigenvalue weighted by molar-refractivity contribution is 1.10. The Balaban J connectivity index is 2.05. The predicted molar refractivity (Wildman–Crippen MR) is 62.5 cm³/mol. The number of nitrogens with one attached hydrogen (secondary N) is 1. The van der Waals surface area contributed by atoms with E-state index in [0.717, 1.165) is 0 Å². The van der Waals surface area contributed by atoms with Crippen LogP contribution >= 0.6 is 11.3 Å². The number of aromatic nitrogens is 2. The first-order valence-electron chi connectivity index (χ1n) is 4.39. The van der Waals surface area contributed by atoms with Gasteiger partial charge in [-0.3, -0.25) is 0 Å². The Morgan fingerprint density at radius 2 is 2.20 bits per heavy atom. The van der Waals surface area contributed by atoms with Crippen molar-refractivity contribution in [2.45, 2.75) is 6.54 Å². The van der Waals surface area contributed by atoms with Crippen molar-refractivity contribution in [1.82, 2.24) is 9.97 Å². The summed E-state index contributed by atoms with van der Waals surface area (Å²) in [7, 11) is 0. The van der Waals surface area contributed by atoms with Crippen LogP contribution in [0.2, 0.25) is 0 Å². The largest absolute Gasteiger partial charge is 0.383 e. The number of nitrogen functional groups attached to an aromatic ring is 2. The summed E-state index contributed by atoms with van der Waals surface area (Å²) in [4.78, 5) is 7.80. The van der Waals surface area contributed by atoms with Crippen molar-refractivity contribution in [3.05, 3.63) is 28.5 Å². The Morgan fingerprint density at radius 1 is 1.33 bits per heavy atom. The first kappa shape index (κ1) is 9.72. The van der Waals surface area contributed by atoms with Gasteiger partial charge in [0.25, 0.3) is 0 Å². The fraction of sp³-hybridized carbons (Fsp3) is 0.111. The minimum atomic E-state index is 0.183. The second-order valence-electron chi connectivity index (χ2n) is 3.02. The van der Waals surface area contributed by atoms with Crippen LogP contribution in [-0.4, -0.2) is 9.97 Å². The van der Waals surface area contributed by atoms with Gasteiger partial charge >= 0.3 is 0 Å². The molecule has 6 heteroatoms. The van der Waals surface area contributed by atoms with Crippen LogP contribution in [0.4, 0.5) is 17.6 Å². The molecule has 5 N–H and O–H groups in total. The third-order valence-electron chi connectivity index (χ3n) is 1.82. The Morgan fingerprint density at radius 3 is 2.87 bits per heavy atom. The number of hydrogen-bond acceptors (Lipinski definition) is 6. The van der Waals surface area contributed by atoms with E-state index in [9.17, 15) is 0 Å². The molecule has 0 atom stereocenters. The topological polar surface area (TPSA) is 89.8 Å². The molecule has 0 spiro atoms. The molecule has 0 fully saturated rings. The second-order valence-corrected chi connectivity index (χ2v) is 3.80. The minimum Gasteiger partial charge on any atom is -0.383 e. The average molecular weight is 221 g/mol. The summed E-state index contributed by atoms with van der Waals surface area (Å²) >= 11 is 1.66. The Kier molecular flexibility index (Phi) is 2.68. The zero-order valence-corrected chi connectivity index (χ0v) is 8.79. The van der Waals surface area contributed by atoms with Crippen molar-refractivity contribution in [2.24, 2.45) is 0 Å². The molecule has 0 bridgehead atoms. The number of nitrogens with zero attached hydrogens (tertiary/aromatic N) is 2. The van der Waals surface area contributed by atoms with Crippen molar-refractivity contribution in [3.63, 3.8) is 0 Å². The molecule has 2 heterocycles. The van der Waals surface area contributed by atoms with Crippen LogP contribution in [0.3, 0.4) is 0 Å². The monoisotopic (exact) mass is 221 g/mol. The number of thiophene rings is 1. The van der Waals surface area contributed by atoms with E-state index in [1.807, 2.05) is 11.4 Å². The van der Waals surface area contributed by atoms with E-state index in [4.69, 9.17) is 11.5 Å². The Bertz CT molecular complexity index is 420.